The Labute approximate surface area is 200 Å². The van der Waals surface area contributed by atoms with Crippen LogP contribution in [-0.4, -0.2) is 45.2 Å². The molecule has 0 unspecified atom stereocenters. The van der Waals surface area contributed by atoms with Gasteiger partial charge in [0.1, 0.15) is 0 Å². The van der Waals surface area contributed by atoms with E-state index in [2.05, 4.69) is 28.6 Å². The minimum Gasteiger partial charge on any atom is -0.454 e. The summed E-state index contributed by atoms with van der Waals surface area (Å²) in [4.78, 5) is 15.8. The van der Waals surface area contributed by atoms with Crippen LogP contribution in [0.4, 0.5) is 0 Å². The molecule has 33 heavy (non-hydrogen) atoms. The first-order valence-electron chi connectivity index (χ1n) is 10.4. The third kappa shape index (κ3) is 4.46. The van der Waals surface area contributed by atoms with Gasteiger partial charge < -0.3 is 14.4 Å². The van der Waals surface area contributed by atoms with Crippen molar-refractivity contribution in [2.75, 3.05) is 19.6 Å². The summed E-state index contributed by atoms with van der Waals surface area (Å²) < 4.78 is 12.9. The molecule has 3 heterocycles. The van der Waals surface area contributed by atoms with Crippen LogP contribution in [-0.2, 0) is 11.3 Å². The molecule has 9 heteroatoms. The van der Waals surface area contributed by atoms with Crippen molar-refractivity contribution in [3.05, 3.63) is 70.4 Å². The van der Waals surface area contributed by atoms with Crippen LogP contribution >= 0.6 is 23.1 Å². The highest BCUT2D eigenvalue weighted by molar-refractivity contribution is 7.99. The summed E-state index contributed by atoms with van der Waals surface area (Å²) in [5.41, 5.74) is 3.00. The van der Waals surface area contributed by atoms with Crippen LogP contribution in [0, 0.1) is 6.92 Å². The van der Waals surface area contributed by atoms with Crippen molar-refractivity contribution in [1.82, 2.24) is 19.7 Å². The molecule has 0 aliphatic carbocycles. The van der Waals surface area contributed by atoms with Crippen LogP contribution in [0.3, 0.4) is 0 Å². The maximum Gasteiger partial charge on any atom is 0.233 e. The molecule has 5 rings (SSSR count). The largest absolute Gasteiger partial charge is 0.454 e. The molecular formula is C24H22N4O3S2. The number of aromatic nitrogens is 3. The Hall–Kier alpha value is -3.30. The zero-order valence-corrected chi connectivity index (χ0v) is 19.9. The van der Waals surface area contributed by atoms with Gasteiger partial charge in [-0.05, 0) is 54.3 Å². The maximum absolute atomic E-state index is 12.8. The molecule has 2 aromatic heterocycles. The fourth-order valence-corrected chi connectivity index (χ4v) is 5.35. The monoisotopic (exact) mass is 478 g/mol. The molecule has 1 amide bonds. The number of aryl methyl sites for hydroxylation is 1. The lowest BCUT2D eigenvalue weighted by Gasteiger charge is -2.17. The number of carbonyl (C=O) groups excluding carboxylic acids is 1. The number of carbonyl (C=O) groups is 1. The highest BCUT2D eigenvalue weighted by Gasteiger charge is 2.21. The molecule has 7 nitrogen and oxygen atoms in total. The Morgan fingerprint density at radius 2 is 1.94 bits per heavy atom. The Bertz CT molecular complexity index is 1290. The molecule has 0 radical (unpaired) electrons. The van der Waals surface area contributed by atoms with Crippen LogP contribution < -0.4 is 9.47 Å². The fourth-order valence-electron chi connectivity index (χ4n) is 3.50. The Balaban J connectivity index is 1.40. The van der Waals surface area contributed by atoms with Gasteiger partial charge in [-0.1, -0.05) is 30.0 Å². The number of para-hydroxylation sites is 1. The molecule has 0 bridgehead atoms. The van der Waals surface area contributed by atoms with E-state index in [1.54, 1.807) is 16.2 Å². The van der Waals surface area contributed by atoms with E-state index in [0.29, 0.717) is 29.0 Å². The van der Waals surface area contributed by atoms with Crippen molar-refractivity contribution in [2.24, 2.45) is 0 Å². The molecule has 1 aliphatic rings. The number of hydrogen-bond acceptors (Lipinski definition) is 7. The summed E-state index contributed by atoms with van der Waals surface area (Å²) in [6.07, 6.45) is 0. The first-order chi connectivity index (χ1) is 16.1. The minimum absolute atomic E-state index is 0.0417. The van der Waals surface area contributed by atoms with E-state index < -0.39 is 0 Å². The van der Waals surface area contributed by atoms with E-state index in [-0.39, 0.29) is 18.5 Å². The number of rotatable bonds is 7. The van der Waals surface area contributed by atoms with E-state index >= 15 is 0 Å². The lowest BCUT2D eigenvalue weighted by atomic mass is 10.2. The van der Waals surface area contributed by atoms with Gasteiger partial charge >= 0.3 is 0 Å². The van der Waals surface area contributed by atoms with Gasteiger partial charge in [0.25, 0.3) is 0 Å². The van der Waals surface area contributed by atoms with Crippen LogP contribution in [0.25, 0.3) is 17.1 Å². The van der Waals surface area contributed by atoms with E-state index in [1.807, 2.05) is 60.1 Å². The maximum atomic E-state index is 12.8. The number of hydrogen-bond donors (Lipinski definition) is 0. The lowest BCUT2D eigenvalue weighted by Crippen LogP contribution is -2.27. The number of benzene rings is 2. The van der Waals surface area contributed by atoms with Gasteiger partial charge in [-0.3, -0.25) is 9.36 Å². The Morgan fingerprint density at radius 1 is 1.12 bits per heavy atom. The molecule has 1 aliphatic heterocycles. The smallest absolute Gasteiger partial charge is 0.233 e. The first kappa shape index (κ1) is 21.5. The molecule has 0 saturated carbocycles. The summed E-state index contributed by atoms with van der Waals surface area (Å²) in [6.45, 7) is 2.89. The first-order valence-corrected chi connectivity index (χ1v) is 12.3. The van der Waals surface area contributed by atoms with Crippen molar-refractivity contribution in [3.8, 4) is 28.6 Å². The predicted octanol–water partition coefficient (Wildman–Crippen LogP) is 4.78. The number of thioether (sulfide) groups is 1. The predicted molar refractivity (Wildman–Crippen MR) is 129 cm³/mol. The van der Waals surface area contributed by atoms with E-state index in [4.69, 9.17) is 9.47 Å². The average molecular weight is 479 g/mol. The summed E-state index contributed by atoms with van der Waals surface area (Å²) >= 11 is 3.05. The highest BCUT2D eigenvalue weighted by atomic mass is 32.2. The van der Waals surface area contributed by atoms with Crippen LogP contribution in [0.5, 0.6) is 11.5 Å². The summed E-state index contributed by atoms with van der Waals surface area (Å²) in [6, 6.07) is 17.7. The molecule has 0 saturated heterocycles. The second kappa shape index (κ2) is 9.29. The number of fused-ring (bicyclic) bond motifs is 1. The zero-order valence-electron chi connectivity index (χ0n) is 18.2. The summed E-state index contributed by atoms with van der Waals surface area (Å²) in [5, 5.41) is 11.6. The number of thiophene rings is 1. The Kier molecular flexibility index (Phi) is 6.06. The molecule has 2 aromatic carbocycles. The van der Waals surface area contributed by atoms with Crippen LogP contribution in [0.1, 0.15) is 10.4 Å². The van der Waals surface area contributed by atoms with Gasteiger partial charge in [0.15, 0.2) is 22.5 Å². The van der Waals surface area contributed by atoms with Gasteiger partial charge in [-0.15, -0.1) is 21.5 Å². The van der Waals surface area contributed by atoms with Crippen molar-refractivity contribution in [1.29, 1.82) is 0 Å². The van der Waals surface area contributed by atoms with Crippen LogP contribution in [0.15, 0.2) is 65.1 Å². The molecular weight excluding hydrogens is 456 g/mol. The van der Waals surface area contributed by atoms with Crippen molar-refractivity contribution >= 4 is 29.0 Å². The Morgan fingerprint density at radius 3 is 2.73 bits per heavy atom. The topological polar surface area (TPSA) is 69.5 Å². The standard InChI is InChI=1S/C24H22N4O3S2/c1-16-10-11-32-21(16)13-27(2)22(29)14-33-24-26-25-23(28(24)18-6-4-3-5-7-18)17-8-9-19-20(12-17)31-15-30-19/h3-12H,13-15H2,1-2H3. The third-order valence-electron chi connectivity index (χ3n) is 5.38. The van der Waals surface area contributed by atoms with Gasteiger partial charge in [-0.25, -0.2) is 0 Å². The molecule has 0 atom stereocenters. The SMILES string of the molecule is Cc1ccsc1CN(C)C(=O)CSc1nnc(-c2ccc3c(c2)OCO3)n1-c1ccccc1. The zero-order chi connectivity index (χ0) is 22.8. The summed E-state index contributed by atoms with van der Waals surface area (Å²) in [7, 11) is 1.84. The van der Waals surface area contributed by atoms with Crippen molar-refractivity contribution < 1.29 is 14.3 Å². The van der Waals surface area contributed by atoms with Gasteiger partial charge in [-0.2, -0.15) is 0 Å². The molecule has 0 N–H and O–H groups in total. The van der Waals surface area contributed by atoms with Gasteiger partial charge in [0, 0.05) is 23.2 Å². The quantitative estimate of drug-likeness (QED) is 0.356. The van der Waals surface area contributed by atoms with Crippen molar-refractivity contribution in [3.63, 3.8) is 0 Å². The van der Waals surface area contributed by atoms with Crippen LogP contribution in [0.2, 0.25) is 0 Å². The van der Waals surface area contributed by atoms with Crippen molar-refractivity contribution in [2.45, 2.75) is 18.6 Å². The van der Waals surface area contributed by atoms with E-state index in [1.165, 1.54) is 22.2 Å². The minimum atomic E-state index is 0.0417. The number of nitrogens with zero attached hydrogens (tertiary/aromatic N) is 4. The molecule has 168 valence electrons. The summed E-state index contributed by atoms with van der Waals surface area (Å²) in [5.74, 6) is 2.39. The van der Waals surface area contributed by atoms with E-state index in [9.17, 15) is 4.79 Å². The fraction of sp³-hybridized carbons (Fsp3) is 0.208. The molecule has 0 fully saturated rings. The lowest BCUT2D eigenvalue weighted by molar-refractivity contribution is -0.127. The van der Waals surface area contributed by atoms with E-state index in [0.717, 1.165) is 11.3 Å². The van der Waals surface area contributed by atoms with Gasteiger partial charge in [0.2, 0.25) is 12.7 Å². The number of ether oxygens (including phenoxy) is 2. The molecule has 4 aromatic rings. The highest BCUT2D eigenvalue weighted by Crippen LogP contribution is 2.37. The second-order valence-electron chi connectivity index (χ2n) is 7.61. The average Bonchev–Trinajstić information content (AvgIpc) is 3.57. The third-order valence-corrected chi connectivity index (χ3v) is 7.30. The molecule has 0 spiro atoms. The second-order valence-corrected chi connectivity index (χ2v) is 9.55. The normalized spacial score (nSPS) is 12.2. The van der Waals surface area contributed by atoms with Gasteiger partial charge in [0.05, 0.1) is 12.3 Å². The number of amides is 1.